The largest absolute Gasteiger partial charge is 0.351 e. The molecule has 0 saturated heterocycles. The summed E-state index contributed by atoms with van der Waals surface area (Å²) >= 11 is 0. The van der Waals surface area contributed by atoms with Crippen LogP contribution in [0.4, 0.5) is 0 Å². The van der Waals surface area contributed by atoms with E-state index in [2.05, 4.69) is 33.2 Å². The Morgan fingerprint density at radius 3 is 2.22 bits per heavy atom. The fourth-order valence-corrected chi connectivity index (χ4v) is 1.50. The van der Waals surface area contributed by atoms with E-state index in [1.54, 1.807) is 12.5 Å². The molecule has 0 aliphatic carbocycles. The molecule has 1 aromatic carbocycles. The minimum atomic E-state index is 1.04. The van der Waals surface area contributed by atoms with Crippen molar-refractivity contribution in [2.45, 2.75) is 6.92 Å². The lowest BCUT2D eigenvalue weighted by Crippen LogP contribution is -1.76. The van der Waals surface area contributed by atoms with Crippen LogP contribution in [0, 0.1) is 6.92 Å². The van der Waals surface area contributed by atoms with Crippen LogP contribution >= 0.6 is 0 Å². The van der Waals surface area contributed by atoms with Gasteiger partial charge in [0.05, 0.1) is 12.0 Å². The van der Waals surface area contributed by atoms with Crippen LogP contribution in [-0.2, 0) is 0 Å². The summed E-state index contributed by atoms with van der Waals surface area (Å²) in [4.78, 5) is 10.7. The SMILES string of the molecule is Cc1c[nH]cn1.c1ccc(-c2cccnc2)cc1. The number of H-pyrrole nitrogens is 1. The van der Waals surface area contributed by atoms with Crippen LogP contribution < -0.4 is 0 Å². The second kappa shape index (κ2) is 6.35. The fraction of sp³-hybridized carbons (Fsp3) is 0.0667. The van der Waals surface area contributed by atoms with Crippen molar-refractivity contribution in [3.63, 3.8) is 0 Å². The first-order valence-corrected chi connectivity index (χ1v) is 5.77. The summed E-state index contributed by atoms with van der Waals surface area (Å²) < 4.78 is 0. The van der Waals surface area contributed by atoms with Crippen molar-refractivity contribution in [2.24, 2.45) is 0 Å². The smallest absolute Gasteiger partial charge is 0.0922 e. The average molecular weight is 237 g/mol. The van der Waals surface area contributed by atoms with Gasteiger partial charge >= 0.3 is 0 Å². The number of aromatic amines is 1. The maximum atomic E-state index is 4.06. The van der Waals surface area contributed by atoms with Crippen LogP contribution in [0.5, 0.6) is 0 Å². The van der Waals surface area contributed by atoms with Gasteiger partial charge < -0.3 is 4.98 Å². The van der Waals surface area contributed by atoms with Gasteiger partial charge in [-0.05, 0) is 24.1 Å². The molecule has 18 heavy (non-hydrogen) atoms. The van der Waals surface area contributed by atoms with Gasteiger partial charge in [-0.2, -0.15) is 0 Å². The second-order valence-corrected chi connectivity index (χ2v) is 3.82. The van der Waals surface area contributed by atoms with E-state index in [1.807, 2.05) is 43.6 Å². The Balaban J connectivity index is 0.000000169. The number of benzene rings is 1. The average Bonchev–Trinajstić information content (AvgIpc) is 2.93. The maximum absolute atomic E-state index is 4.06. The zero-order chi connectivity index (χ0) is 12.6. The van der Waals surface area contributed by atoms with Crippen molar-refractivity contribution in [3.05, 3.63) is 73.1 Å². The van der Waals surface area contributed by atoms with Crippen LogP contribution in [-0.4, -0.2) is 15.0 Å². The number of aromatic nitrogens is 3. The minimum absolute atomic E-state index is 1.04. The Labute approximate surface area is 107 Å². The molecule has 3 aromatic rings. The summed E-state index contributed by atoms with van der Waals surface area (Å²) in [6, 6.07) is 14.2. The summed E-state index contributed by atoms with van der Waals surface area (Å²) in [5.74, 6) is 0. The molecule has 0 saturated carbocycles. The molecule has 3 nitrogen and oxygen atoms in total. The molecule has 0 unspecified atom stereocenters. The number of aryl methyl sites for hydroxylation is 1. The summed E-state index contributed by atoms with van der Waals surface area (Å²) in [7, 11) is 0. The van der Waals surface area contributed by atoms with Gasteiger partial charge in [-0.25, -0.2) is 4.98 Å². The van der Waals surface area contributed by atoms with Gasteiger partial charge in [0, 0.05) is 18.6 Å². The molecule has 3 heteroatoms. The van der Waals surface area contributed by atoms with Crippen LogP contribution in [0.3, 0.4) is 0 Å². The lowest BCUT2D eigenvalue weighted by molar-refractivity contribution is 1.25. The lowest BCUT2D eigenvalue weighted by atomic mass is 10.1. The number of hydrogen-bond donors (Lipinski definition) is 1. The monoisotopic (exact) mass is 237 g/mol. The molecule has 0 bridgehead atoms. The highest BCUT2D eigenvalue weighted by atomic mass is 14.8. The highest BCUT2D eigenvalue weighted by Gasteiger charge is 1.92. The topological polar surface area (TPSA) is 41.6 Å². The Morgan fingerprint density at radius 2 is 1.72 bits per heavy atom. The van der Waals surface area contributed by atoms with Crippen molar-refractivity contribution in [1.29, 1.82) is 0 Å². The lowest BCUT2D eigenvalue weighted by Gasteiger charge is -1.97. The van der Waals surface area contributed by atoms with E-state index in [0.717, 1.165) is 11.3 Å². The highest BCUT2D eigenvalue weighted by Crippen LogP contribution is 2.16. The summed E-state index contributed by atoms with van der Waals surface area (Å²) in [6.07, 6.45) is 7.16. The van der Waals surface area contributed by atoms with Gasteiger partial charge in [0.25, 0.3) is 0 Å². The molecule has 90 valence electrons. The molecule has 0 aliphatic heterocycles. The number of imidazole rings is 1. The second-order valence-electron chi connectivity index (χ2n) is 3.82. The van der Waals surface area contributed by atoms with Crippen LogP contribution in [0.2, 0.25) is 0 Å². The standard InChI is InChI=1S/C11H9N.C4H6N2/c1-2-5-10(6-3-1)11-7-4-8-12-9-11;1-4-2-5-3-6-4/h1-9H;2-3H,1H3,(H,5,6). The van der Waals surface area contributed by atoms with E-state index in [1.165, 1.54) is 5.56 Å². The number of nitrogens with one attached hydrogen (secondary N) is 1. The van der Waals surface area contributed by atoms with E-state index < -0.39 is 0 Å². The van der Waals surface area contributed by atoms with Gasteiger partial charge in [0.1, 0.15) is 0 Å². The molecular weight excluding hydrogens is 222 g/mol. The van der Waals surface area contributed by atoms with E-state index in [-0.39, 0.29) is 0 Å². The fourth-order valence-electron chi connectivity index (χ4n) is 1.50. The number of hydrogen-bond acceptors (Lipinski definition) is 2. The molecule has 0 fully saturated rings. The first-order chi connectivity index (χ1) is 8.86. The van der Waals surface area contributed by atoms with Gasteiger partial charge in [-0.1, -0.05) is 36.4 Å². The van der Waals surface area contributed by atoms with Gasteiger partial charge in [-0.3, -0.25) is 4.98 Å². The molecule has 2 aromatic heterocycles. The third kappa shape index (κ3) is 3.56. The Hall–Kier alpha value is -2.42. The predicted molar refractivity (Wildman–Crippen MR) is 73.0 cm³/mol. The van der Waals surface area contributed by atoms with E-state index in [0.29, 0.717) is 0 Å². The molecular formula is C15H15N3. The summed E-state index contributed by atoms with van der Waals surface area (Å²) in [5.41, 5.74) is 3.42. The van der Waals surface area contributed by atoms with Crippen molar-refractivity contribution in [3.8, 4) is 11.1 Å². The molecule has 0 radical (unpaired) electrons. The van der Waals surface area contributed by atoms with Crippen LogP contribution in [0.15, 0.2) is 67.4 Å². The third-order valence-electron chi connectivity index (χ3n) is 2.40. The Kier molecular flexibility index (Phi) is 4.25. The summed E-state index contributed by atoms with van der Waals surface area (Å²) in [5, 5.41) is 0. The molecule has 0 aliphatic rings. The molecule has 0 amide bonds. The zero-order valence-electron chi connectivity index (χ0n) is 10.2. The summed E-state index contributed by atoms with van der Waals surface area (Å²) in [6.45, 7) is 1.94. The van der Waals surface area contributed by atoms with Crippen LogP contribution in [0.1, 0.15) is 5.69 Å². The van der Waals surface area contributed by atoms with Gasteiger partial charge in [0.15, 0.2) is 0 Å². The molecule has 1 N–H and O–H groups in total. The number of nitrogens with zero attached hydrogens (tertiary/aromatic N) is 2. The van der Waals surface area contributed by atoms with Crippen molar-refractivity contribution < 1.29 is 0 Å². The first kappa shape index (κ1) is 12.0. The van der Waals surface area contributed by atoms with Gasteiger partial charge in [-0.15, -0.1) is 0 Å². The van der Waals surface area contributed by atoms with E-state index in [9.17, 15) is 0 Å². The van der Waals surface area contributed by atoms with E-state index >= 15 is 0 Å². The predicted octanol–water partition coefficient (Wildman–Crippen LogP) is 3.47. The molecule has 2 heterocycles. The Morgan fingerprint density at radius 1 is 0.944 bits per heavy atom. The normalized spacial score (nSPS) is 9.39. The maximum Gasteiger partial charge on any atom is 0.0922 e. The van der Waals surface area contributed by atoms with Crippen molar-refractivity contribution in [2.75, 3.05) is 0 Å². The van der Waals surface area contributed by atoms with Gasteiger partial charge in [0.2, 0.25) is 0 Å². The number of pyridine rings is 1. The highest BCUT2D eigenvalue weighted by molar-refractivity contribution is 5.61. The Bertz CT molecular complexity index is 507. The molecule has 0 atom stereocenters. The van der Waals surface area contributed by atoms with Crippen molar-refractivity contribution >= 4 is 0 Å². The molecule has 3 rings (SSSR count). The third-order valence-corrected chi connectivity index (χ3v) is 2.40. The van der Waals surface area contributed by atoms with Crippen molar-refractivity contribution in [1.82, 2.24) is 15.0 Å². The molecule has 0 spiro atoms. The zero-order valence-corrected chi connectivity index (χ0v) is 10.2. The van der Waals surface area contributed by atoms with Crippen LogP contribution in [0.25, 0.3) is 11.1 Å². The van der Waals surface area contributed by atoms with E-state index in [4.69, 9.17) is 0 Å². The number of rotatable bonds is 1. The first-order valence-electron chi connectivity index (χ1n) is 5.77. The quantitative estimate of drug-likeness (QED) is 0.704. The minimum Gasteiger partial charge on any atom is -0.351 e.